The first-order valence-corrected chi connectivity index (χ1v) is 8.21. The topological polar surface area (TPSA) is 97.7 Å². The third-order valence-electron chi connectivity index (χ3n) is 3.16. The summed E-state index contributed by atoms with van der Waals surface area (Å²) in [4.78, 5) is 22.7. The number of carbonyl (C=O) groups is 1. The van der Waals surface area contributed by atoms with E-state index in [0.29, 0.717) is 22.0 Å². The number of hydrogen-bond donors (Lipinski definition) is 1. The van der Waals surface area contributed by atoms with Crippen LogP contribution in [0.4, 0.5) is 5.69 Å². The van der Waals surface area contributed by atoms with Crippen molar-refractivity contribution in [3.63, 3.8) is 0 Å². The second-order valence-corrected chi connectivity index (χ2v) is 6.16. The summed E-state index contributed by atoms with van der Waals surface area (Å²) in [6.45, 7) is 0. The Morgan fingerprint density at radius 2 is 2.16 bits per heavy atom. The molecule has 0 spiro atoms. The molecule has 0 fully saturated rings. The van der Waals surface area contributed by atoms with Gasteiger partial charge in [-0.3, -0.25) is 14.9 Å². The van der Waals surface area contributed by atoms with E-state index >= 15 is 0 Å². The molecule has 0 aliphatic rings. The van der Waals surface area contributed by atoms with Gasteiger partial charge in [-0.05, 0) is 35.7 Å². The molecule has 1 aromatic carbocycles. The summed E-state index contributed by atoms with van der Waals surface area (Å²) in [6, 6.07) is 11.1. The van der Waals surface area contributed by atoms with Gasteiger partial charge in [0.25, 0.3) is 11.6 Å². The van der Waals surface area contributed by atoms with Crippen molar-refractivity contribution in [2.75, 3.05) is 0 Å². The van der Waals surface area contributed by atoms with Gasteiger partial charge in [0.05, 0.1) is 16.0 Å². The SMILES string of the molecule is O=C(N/N=C\c1ccc(-c2ccc(Cl)c([N+](=O)[O-])c2)o1)c1cccs1. The first kappa shape index (κ1) is 16.9. The molecule has 1 amide bonds. The lowest BCUT2D eigenvalue weighted by Gasteiger charge is -1.99. The molecule has 0 radical (unpaired) electrons. The highest BCUT2D eigenvalue weighted by Gasteiger charge is 2.15. The highest BCUT2D eigenvalue weighted by molar-refractivity contribution is 7.12. The van der Waals surface area contributed by atoms with E-state index in [1.807, 2.05) is 0 Å². The molecule has 0 bridgehead atoms. The first-order chi connectivity index (χ1) is 12.0. The maximum atomic E-state index is 11.7. The monoisotopic (exact) mass is 375 g/mol. The standard InChI is InChI=1S/C16H10ClN3O4S/c17-12-5-3-10(8-13(12)20(22)23)14-6-4-11(24-14)9-18-19-16(21)15-2-1-7-25-15/h1-9H,(H,19,21)/b18-9-. The minimum Gasteiger partial charge on any atom is -0.455 e. The van der Waals surface area contributed by atoms with Gasteiger partial charge < -0.3 is 4.42 Å². The Kier molecular flexibility index (Phi) is 4.92. The highest BCUT2D eigenvalue weighted by atomic mass is 35.5. The van der Waals surface area contributed by atoms with Crippen LogP contribution in [-0.4, -0.2) is 17.0 Å². The van der Waals surface area contributed by atoms with Crippen LogP contribution in [0.3, 0.4) is 0 Å². The molecule has 126 valence electrons. The maximum absolute atomic E-state index is 11.7. The van der Waals surface area contributed by atoms with Crippen molar-refractivity contribution in [3.8, 4) is 11.3 Å². The second-order valence-electron chi connectivity index (χ2n) is 4.80. The van der Waals surface area contributed by atoms with Gasteiger partial charge in [-0.25, -0.2) is 5.43 Å². The largest absolute Gasteiger partial charge is 0.455 e. The zero-order valence-corrected chi connectivity index (χ0v) is 14.1. The summed E-state index contributed by atoms with van der Waals surface area (Å²) < 4.78 is 5.55. The molecule has 3 aromatic rings. The number of nitrogens with zero attached hydrogens (tertiary/aromatic N) is 2. The molecular formula is C16H10ClN3O4S. The number of furan rings is 1. The van der Waals surface area contributed by atoms with Crippen LogP contribution in [-0.2, 0) is 0 Å². The third kappa shape index (κ3) is 3.93. The van der Waals surface area contributed by atoms with E-state index in [-0.39, 0.29) is 16.6 Å². The molecule has 1 N–H and O–H groups in total. The van der Waals surface area contributed by atoms with Gasteiger partial charge in [0, 0.05) is 11.6 Å². The summed E-state index contributed by atoms with van der Waals surface area (Å²) in [5, 5.41) is 16.6. The number of benzene rings is 1. The molecule has 0 aliphatic heterocycles. The molecular weight excluding hydrogens is 366 g/mol. The number of hydrogen-bond acceptors (Lipinski definition) is 6. The van der Waals surface area contributed by atoms with Gasteiger partial charge in [-0.2, -0.15) is 5.10 Å². The van der Waals surface area contributed by atoms with E-state index in [4.69, 9.17) is 16.0 Å². The lowest BCUT2D eigenvalue weighted by atomic mass is 10.1. The van der Waals surface area contributed by atoms with Crippen molar-refractivity contribution in [1.29, 1.82) is 0 Å². The Morgan fingerprint density at radius 3 is 2.88 bits per heavy atom. The number of nitrogens with one attached hydrogen (secondary N) is 1. The van der Waals surface area contributed by atoms with Crippen molar-refractivity contribution in [2.24, 2.45) is 5.10 Å². The minimum absolute atomic E-state index is 0.0541. The second kappa shape index (κ2) is 7.29. The average Bonchev–Trinajstić information content (AvgIpc) is 3.27. The molecule has 7 nitrogen and oxygen atoms in total. The molecule has 2 heterocycles. The summed E-state index contributed by atoms with van der Waals surface area (Å²) in [7, 11) is 0. The fraction of sp³-hybridized carbons (Fsp3) is 0. The van der Waals surface area contributed by atoms with Crippen LogP contribution in [0.5, 0.6) is 0 Å². The summed E-state index contributed by atoms with van der Waals surface area (Å²) in [5.41, 5.74) is 2.70. The molecule has 0 atom stereocenters. The quantitative estimate of drug-likeness (QED) is 0.407. The van der Waals surface area contributed by atoms with Crippen LogP contribution in [0.1, 0.15) is 15.4 Å². The minimum atomic E-state index is -0.558. The van der Waals surface area contributed by atoms with E-state index in [1.165, 1.54) is 29.7 Å². The number of carbonyl (C=O) groups excluding carboxylic acids is 1. The Hall–Kier alpha value is -2.97. The molecule has 3 rings (SSSR count). The first-order valence-electron chi connectivity index (χ1n) is 6.95. The van der Waals surface area contributed by atoms with E-state index in [9.17, 15) is 14.9 Å². The number of halogens is 1. The van der Waals surface area contributed by atoms with E-state index in [0.717, 1.165) is 0 Å². The van der Waals surface area contributed by atoms with Crippen molar-refractivity contribution in [2.45, 2.75) is 0 Å². The Morgan fingerprint density at radius 1 is 1.32 bits per heavy atom. The smallest absolute Gasteiger partial charge is 0.288 e. The van der Waals surface area contributed by atoms with E-state index < -0.39 is 4.92 Å². The highest BCUT2D eigenvalue weighted by Crippen LogP contribution is 2.30. The van der Waals surface area contributed by atoms with Crippen LogP contribution >= 0.6 is 22.9 Å². The van der Waals surface area contributed by atoms with Crippen molar-refractivity contribution < 1.29 is 14.1 Å². The molecule has 0 aliphatic carbocycles. The van der Waals surface area contributed by atoms with Crippen LogP contribution in [0, 0.1) is 10.1 Å². The van der Waals surface area contributed by atoms with Gasteiger partial charge in [0.2, 0.25) is 0 Å². The predicted molar refractivity (Wildman–Crippen MR) is 95.2 cm³/mol. The van der Waals surface area contributed by atoms with Crippen LogP contribution < -0.4 is 5.43 Å². The van der Waals surface area contributed by atoms with Crippen LogP contribution in [0.2, 0.25) is 5.02 Å². The fourth-order valence-corrected chi connectivity index (χ4v) is 2.80. The van der Waals surface area contributed by atoms with Gasteiger partial charge in [0.15, 0.2) is 0 Å². The number of nitro groups is 1. The predicted octanol–water partition coefficient (Wildman–Crippen LogP) is 4.33. The molecule has 0 saturated carbocycles. The summed E-state index contributed by atoms with van der Waals surface area (Å²) >= 11 is 7.10. The lowest BCUT2D eigenvalue weighted by Crippen LogP contribution is -2.15. The van der Waals surface area contributed by atoms with E-state index in [1.54, 1.807) is 35.7 Å². The number of thiophene rings is 1. The molecule has 25 heavy (non-hydrogen) atoms. The Bertz CT molecular complexity index is 950. The summed E-state index contributed by atoms with van der Waals surface area (Å²) in [5.74, 6) is 0.497. The van der Waals surface area contributed by atoms with Crippen molar-refractivity contribution in [3.05, 3.63) is 73.6 Å². The Balaban J connectivity index is 1.72. The zero-order valence-electron chi connectivity index (χ0n) is 12.5. The number of amides is 1. The van der Waals surface area contributed by atoms with Crippen LogP contribution in [0.25, 0.3) is 11.3 Å². The molecule has 0 saturated heterocycles. The zero-order chi connectivity index (χ0) is 17.8. The van der Waals surface area contributed by atoms with Gasteiger partial charge in [-0.15, -0.1) is 11.3 Å². The van der Waals surface area contributed by atoms with Gasteiger partial charge in [-0.1, -0.05) is 17.7 Å². The fourth-order valence-electron chi connectivity index (χ4n) is 2.00. The van der Waals surface area contributed by atoms with Crippen LogP contribution in [0.15, 0.2) is 57.4 Å². The third-order valence-corrected chi connectivity index (χ3v) is 4.35. The lowest BCUT2D eigenvalue weighted by molar-refractivity contribution is -0.384. The number of hydrazone groups is 1. The van der Waals surface area contributed by atoms with Gasteiger partial charge in [0.1, 0.15) is 16.5 Å². The number of rotatable bonds is 5. The average molecular weight is 376 g/mol. The Labute approximate surface area is 150 Å². The molecule has 2 aromatic heterocycles. The molecule has 9 heteroatoms. The summed E-state index contributed by atoms with van der Waals surface area (Å²) in [6.07, 6.45) is 1.35. The van der Waals surface area contributed by atoms with Gasteiger partial charge >= 0.3 is 0 Å². The maximum Gasteiger partial charge on any atom is 0.288 e. The van der Waals surface area contributed by atoms with Crippen molar-refractivity contribution in [1.82, 2.24) is 5.43 Å². The molecule has 0 unspecified atom stereocenters. The van der Waals surface area contributed by atoms with E-state index in [2.05, 4.69) is 10.5 Å². The normalized spacial score (nSPS) is 10.9. The number of nitro benzene ring substituents is 1. The van der Waals surface area contributed by atoms with Crippen molar-refractivity contribution >= 4 is 40.7 Å².